The van der Waals surface area contributed by atoms with Gasteiger partial charge in [-0.1, -0.05) is 32.5 Å². The molecule has 0 radical (unpaired) electrons. The first-order valence-corrected chi connectivity index (χ1v) is 12.4. The maximum atomic E-state index is 12.3. The molecule has 182 valence electrons. The molecule has 0 aliphatic carbocycles. The first-order chi connectivity index (χ1) is 15.4. The van der Waals surface area contributed by atoms with Gasteiger partial charge in [-0.25, -0.2) is 4.79 Å². The van der Waals surface area contributed by atoms with E-state index in [9.17, 15) is 14.4 Å². The molecule has 5 unspecified atom stereocenters. The predicted molar refractivity (Wildman–Crippen MR) is 123 cm³/mol. The molecule has 2 rings (SSSR count). The van der Waals surface area contributed by atoms with Gasteiger partial charge in [0.15, 0.2) is 20.4 Å². The molecule has 1 saturated heterocycles. The highest BCUT2D eigenvalue weighted by molar-refractivity contribution is 8.13. The lowest BCUT2D eigenvalue weighted by Crippen LogP contribution is -2.39. The molecule has 0 saturated carbocycles. The fourth-order valence-electron chi connectivity index (χ4n) is 3.26. The molecule has 2 heterocycles. The summed E-state index contributed by atoms with van der Waals surface area (Å²) in [6.45, 7) is 7.22. The summed E-state index contributed by atoms with van der Waals surface area (Å²) in [5.41, 5.74) is -1.04. The van der Waals surface area contributed by atoms with Crippen molar-refractivity contribution < 1.29 is 28.1 Å². The summed E-state index contributed by atoms with van der Waals surface area (Å²) in [4.78, 5) is 37.1. The zero-order chi connectivity index (χ0) is 23.5. The van der Waals surface area contributed by atoms with Crippen LogP contribution in [0.1, 0.15) is 39.8 Å². The molecule has 1 aromatic heterocycles. The van der Waals surface area contributed by atoms with Crippen LogP contribution in [0.5, 0.6) is 0 Å². The van der Waals surface area contributed by atoms with Crippen molar-refractivity contribution in [1.82, 2.24) is 9.55 Å². The van der Waals surface area contributed by atoms with Gasteiger partial charge in [-0.3, -0.25) is 19.1 Å². The van der Waals surface area contributed by atoms with Gasteiger partial charge in [0.05, 0.1) is 25.9 Å². The minimum Gasteiger partial charge on any atom is -0.378 e. The number of methoxy groups -OCH3 is 1. The molecule has 1 N–H and O–H groups in total. The molecular weight excluding hydrogens is 459 g/mol. The summed E-state index contributed by atoms with van der Waals surface area (Å²) in [5, 5.41) is 0.157. The Balaban J connectivity index is 1.86. The van der Waals surface area contributed by atoms with Gasteiger partial charge in [-0.15, -0.1) is 0 Å². The number of rotatable bonds is 14. The first kappa shape index (κ1) is 27.2. The first-order valence-electron chi connectivity index (χ1n) is 10.6. The lowest BCUT2D eigenvalue weighted by Gasteiger charge is -2.23. The summed E-state index contributed by atoms with van der Waals surface area (Å²) in [6.07, 6.45) is 0.606. The Morgan fingerprint density at radius 3 is 2.72 bits per heavy atom. The molecule has 0 spiro atoms. The van der Waals surface area contributed by atoms with E-state index in [2.05, 4.69) is 18.8 Å². The molecule has 0 bridgehead atoms. The Labute approximate surface area is 193 Å². The Kier molecular flexibility index (Phi) is 12.1. The molecular formula is C20H33N2O8PS. The number of thioether (sulfide) groups is 1. The number of hydrogen-bond donors (Lipinski definition) is 1. The highest BCUT2D eigenvalue weighted by Crippen LogP contribution is 2.38. The van der Waals surface area contributed by atoms with E-state index in [0.29, 0.717) is 44.3 Å². The summed E-state index contributed by atoms with van der Waals surface area (Å²) >= 11 is 1.27. The molecule has 1 aromatic rings. The minimum atomic E-state index is -0.727. The van der Waals surface area contributed by atoms with E-state index in [1.807, 2.05) is 6.92 Å². The van der Waals surface area contributed by atoms with Crippen molar-refractivity contribution in [3.8, 4) is 0 Å². The number of hydrogen-bond acceptors (Lipinski definition) is 9. The third-order valence-corrected chi connectivity index (χ3v) is 6.41. The second-order valence-corrected chi connectivity index (χ2v) is 9.46. The van der Waals surface area contributed by atoms with Crippen LogP contribution in [0.3, 0.4) is 0 Å². The van der Waals surface area contributed by atoms with Crippen molar-refractivity contribution in [2.75, 3.05) is 32.7 Å². The lowest BCUT2D eigenvalue weighted by atomic mass is 10.0. The molecule has 12 heteroatoms. The second kappa shape index (κ2) is 14.2. The van der Waals surface area contributed by atoms with Gasteiger partial charge >= 0.3 is 5.69 Å². The molecule has 5 atom stereocenters. The quantitative estimate of drug-likeness (QED) is 0.308. The largest absolute Gasteiger partial charge is 0.378 e. The third kappa shape index (κ3) is 8.37. The van der Waals surface area contributed by atoms with Crippen LogP contribution in [0.25, 0.3) is 0 Å². The van der Waals surface area contributed by atoms with Gasteiger partial charge in [0.1, 0.15) is 12.2 Å². The van der Waals surface area contributed by atoms with E-state index in [4.69, 9.17) is 23.3 Å². The van der Waals surface area contributed by atoms with E-state index < -0.39 is 29.7 Å². The van der Waals surface area contributed by atoms with Gasteiger partial charge in [0.25, 0.3) is 5.56 Å². The van der Waals surface area contributed by atoms with Crippen LogP contribution < -0.4 is 11.2 Å². The van der Waals surface area contributed by atoms with Crippen molar-refractivity contribution in [2.24, 2.45) is 5.92 Å². The molecule has 1 aliphatic heterocycles. The number of aromatic nitrogens is 2. The normalized spacial score (nSPS) is 23.5. The van der Waals surface area contributed by atoms with E-state index in [1.54, 1.807) is 0 Å². The van der Waals surface area contributed by atoms with E-state index in [0.717, 1.165) is 0 Å². The molecule has 32 heavy (non-hydrogen) atoms. The summed E-state index contributed by atoms with van der Waals surface area (Å²) in [5.74, 6) is 0.966. The fraction of sp³-hybridized carbons (Fsp3) is 0.750. The number of nitrogens with one attached hydrogen (secondary N) is 1. The zero-order valence-corrected chi connectivity index (χ0v) is 20.7. The van der Waals surface area contributed by atoms with Crippen molar-refractivity contribution in [3.63, 3.8) is 0 Å². The van der Waals surface area contributed by atoms with Crippen LogP contribution >= 0.6 is 20.8 Å². The van der Waals surface area contributed by atoms with Gasteiger partial charge in [-0.2, -0.15) is 0 Å². The predicted octanol–water partition coefficient (Wildman–Crippen LogP) is 2.09. The Bertz CT molecular complexity index is 817. The lowest BCUT2D eigenvalue weighted by molar-refractivity contribution is -0.110. The van der Waals surface area contributed by atoms with Crippen LogP contribution in [-0.4, -0.2) is 65.7 Å². The summed E-state index contributed by atoms with van der Waals surface area (Å²) in [7, 11) is 1.28. The number of aromatic amines is 1. The van der Waals surface area contributed by atoms with Gasteiger partial charge in [0.2, 0.25) is 0 Å². The Morgan fingerprint density at radius 2 is 2.06 bits per heavy atom. The zero-order valence-electron chi connectivity index (χ0n) is 18.9. The number of carbonyl (C=O) groups is 1. The maximum Gasteiger partial charge on any atom is 0.330 e. The van der Waals surface area contributed by atoms with Gasteiger partial charge < -0.3 is 23.3 Å². The topological polar surface area (TPSA) is 118 Å². The molecule has 10 nitrogen and oxygen atoms in total. The maximum absolute atomic E-state index is 12.3. The summed E-state index contributed by atoms with van der Waals surface area (Å²) in [6, 6.07) is 1.27. The summed E-state index contributed by atoms with van der Waals surface area (Å²) < 4.78 is 30.0. The van der Waals surface area contributed by atoms with Crippen molar-refractivity contribution in [3.05, 3.63) is 33.1 Å². The van der Waals surface area contributed by atoms with Gasteiger partial charge in [-0.05, 0) is 12.3 Å². The van der Waals surface area contributed by atoms with E-state index >= 15 is 0 Å². The molecule has 1 fully saturated rings. The fourth-order valence-corrected chi connectivity index (χ4v) is 4.52. The van der Waals surface area contributed by atoms with Crippen molar-refractivity contribution >= 4 is 25.9 Å². The highest BCUT2D eigenvalue weighted by atomic mass is 32.2. The highest BCUT2D eigenvalue weighted by Gasteiger charge is 2.47. The van der Waals surface area contributed by atoms with E-state index in [-0.39, 0.29) is 20.3 Å². The smallest absolute Gasteiger partial charge is 0.330 e. The van der Waals surface area contributed by atoms with Crippen LogP contribution in [0.2, 0.25) is 0 Å². The van der Waals surface area contributed by atoms with Crippen LogP contribution in [-0.2, 0) is 28.1 Å². The van der Waals surface area contributed by atoms with E-state index in [1.165, 1.54) is 35.7 Å². The van der Waals surface area contributed by atoms with Crippen molar-refractivity contribution in [2.45, 2.75) is 58.2 Å². The van der Waals surface area contributed by atoms with Crippen LogP contribution in [0.4, 0.5) is 0 Å². The molecule has 1 aliphatic rings. The average Bonchev–Trinajstić information content (AvgIpc) is 3.08. The van der Waals surface area contributed by atoms with Crippen LogP contribution in [0, 0.1) is 5.92 Å². The SMILES string of the molecule is CCC(=O)SCCOCCOPOC1C(CC(C)C)OC(n2ccc(=O)[nH]c2=O)C1OC. The second-order valence-electron chi connectivity index (χ2n) is 7.61. The minimum absolute atomic E-state index is 0.157. The number of nitrogens with zero attached hydrogens (tertiary/aromatic N) is 1. The Morgan fingerprint density at radius 1 is 1.28 bits per heavy atom. The number of carbonyl (C=O) groups excluding carboxylic acids is 1. The standard InChI is InChI=1S/C20H33N2O8PS/c1-5-16(24)32-11-10-27-8-9-28-31-30-17-14(12-13(2)3)29-19(18(17)26-4)22-7-6-15(23)21-20(22)25/h6-7,13-14,17-19,31H,5,8-12H2,1-4H3,(H,21,23,25). The molecule has 0 aromatic carbocycles. The number of H-pyrrole nitrogens is 1. The van der Waals surface area contributed by atoms with Crippen molar-refractivity contribution in [1.29, 1.82) is 0 Å². The number of ether oxygens (including phenoxy) is 3. The Hall–Kier alpha value is -1.07. The third-order valence-electron chi connectivity index (χ3n) is 4.74. The molecule has 0 amide bonds. The average molecular weight is 493 g/mol. The van der Waals surface area contributed by atoms with Crippen LogP contribution in [0.15, 0.2) is 21.9 Å². The monoisotopic (exact) mass is 492 g/mol. The van der Waals surface area contributed by atoms with Gasteiger partial charge in [0, 0.05) is 31.5 Å².